The minimum absolute atomic E-state index is 0.0626. The van der Waals surface area contributed by atoms with Crippen LogP contribution in [-0.4, -0.2) is 41.8 Å². The van der Waals surface area contributed by atoms with Crippen LogP contribution in [-0.2, 0) is 0 Å². The van der Waals surface area contributed by atoms with E-state index in [1.165, 1.54) is 0 Å². The number of aliphatic hydroxyl groups is 1. The van der Waals surface area contributed by atoms with Gasteiger partial charge in [0.2, 0.25) is 0 Å². The van der Waals surface area contributed by atoms with Gasteiger partial charge in [0, 0.05) is 19.6 Å². The van der Waals surface area contributed by atoms with Gasteiger partial charge in [-0.1, -0.05) is 0 Å². The largest absolute Gasteiger partial charge is 0.393 e. The van der Waals surface area contributed by atoms with Crippen LogP contribution >= 0.6 is 0 Å². The van der Waals surface area contributed by atoms with Crippen molar-refractivity contribution in [2.24, 2.45) is 5.92 Å². The van der Waals surface area contributed by atoms with Gasteiger partial charge in [-0.25, -0.2) is 4.79 Å². The first-order chi connectivity index (χ1) is 6.25. The van der Waals surface area contributed by atoms with Gasteiger partial charge in [-0.15, -0.1) is 0 Å². The van der Waals surface area contributed by atoms with E-state index in [-0.39, 0.29) is 12.1 Å². The third-order valence-electron chi connectivity index (χ3n) is 2.86. The van der Waals surface area contributed by atoms with Crippen molar-refractivity contribution in [1.29, 1.82) is 0 Å². The summed E-state index contributed by atoms with van der Waals surface area (Å²) in [6.45, 7) is 2.50. The van der Waals surface area contributed by atoms with Crippen LogP contribution in [0.1, 0.15) is 19.3 Å². The summed E-state index contributed by atoms with van der Waals surface area (Å²) in [5, 5.41) is 11.9. The molecule has 2 fully saturated rings. The molecule has 0 bridgehead atoms. The fourth-order valence-electron chi connectivity index (χ4n) is 2.01. The Hall–Kier alpha value is -0.770. The molecule has 0 unspecified atom stereocenters. The number of hydrogen-bond acceptors (Lipinski definition) is 2. The Kier molecular flexibility index (Phi) is 2.40. The van der Waals surface area contributed by atoms with Crippen LogP contribution in [0.4, 0.5) is 4.79 Å². The number of amides is 2. The molecule has 0 spiro atoms. The molecule has 2 aliphatic rings. The van der Waals surface area contributed by atoms with Crippen LogP contribution in [0.5, 0.6) is 0 Å². The van der Waals surface area contributed by atoms with Gasteiger partial charge in [-0.3, -0.25) is 0 Å². The number of urea groups is 1. The van der Waals surface area contributed by atoms with Crippen molar-refractivity contribution in [3.8, 4) is 0 Å². The highest BCUT2D eigenvalue weighted by Crippen LogP contribution is 2.28. The molecule has 1 saturated carbocycles. The lowest BCUT2D eigenvalue weighted by Gasteiger charge is -2.37. The highest BCUT2D eigenvalue weighted by molar-refractivity contribution is 5.74. The number of aliphatic hydroxyl groups excluding tert-OH is 1. The van der Waals surface area contributed by atoms with Crippen LogP contribution in [0.15, 0.2) is 0 Å². The third kappa shape index (κ3) is 1.94. The van der Waals surface area contributed by atoms with Crippen molar-refractivity contribution in [2.45, 2.75) is 25.4 Å². The Morgan fingerprint density at radius 1 is 1.54 bits per heavy atom. The summed E-state index contributed by atoms with van der Waals surface area (Å²) in [5.74, 6) is 0.527. The topological polar surface area (TPSA) is 52.6 Å². The summed E-state index contributed by atoms with van der Waals surface area (Å²) < 4.78 is 0. The van der Waals surface area contributed by atoms with Gasteiger partial charge < -0.3 is 15.3 Å². The lowest BCUT2D eigenvalue weighted by Crippen LogP contribution is -2.50. The molecule has 0 aromatic heterocycles. The second-order valence-electron chi connectivity index (χ2n) is 4.02. The molecule has 4 nitrogen and oxygen atoms in total. The second kappa shape index (κ2) is 3.54. The fraction of sp³-hybridized carbons (Fsp3) is 0.889. The van der Waals surface area contributed by atoms with Crippen molar-refractivity contribution < 1.29 is 9.90 Å². The SMILES string of the molecule is O=C1NCCCN1CC1CC(O)C1. The maximum atomic E-state index is 11.3. The van der Waals surface area contributed by atoms with Crippen molar-refractivity contribution in [3.63, 3.8) is 0 Å². The maximum Gasteiger partial charge on any atom is 0.317 e. The van der Waals surface area contributed by atoms with E-state index in [0.29, 0.717) is 5.92 Å². The predicted octanol–water partition coefficient (Wildman–Crippen LogP) is 0.173. The van der Waals surface area contributed by atoms with Gasteiger partial charge in [-0.05, 0) is 25.2 Å². The van der Waals surface area contributed by atoms with Crippen LogP contribution in [0.25, 0.3) is 0 Å². The fourth-order valence-corrected chi connectivity index (χ4v) is 2.01. The van der Waals surface area contributed by atoms with E-state index in [4.69, 9.17) is 5.11 Å². The van der Waals surface area contributed by atoms with Gasteiger partial charge in [0.05, 0.1) is 6.10 Å². The molecule has 2 N–H and O–H groups in total. The van der Waals surface area contributed by atoms with Crippen LogP contribution in [0.3, 0.4) is 0 Å². The van der Waals surface area contributed by atoms with Crippen LogP contribution in [0, 0.1) is 5.92 Å². The predicted molar refractivity (Wildman–Crippen MR) is 48.3 cm³/mol. The summed E-state index contributed by atoms with van der Waals surface area (Å²) in [6, 6.07) is 0.0626. The van der Waals surface area contributed by atoms with E-state index in [2.05, 4.69) is 5.32 Å². The number of carbonyl (C=O) groups is 1. The van der Waals surface area contributed by atoms with Crippen molar-refractivity contribution >= 4 is 6.03 Å². The zero-order valence-corrected chi connectivity index (χ0v) is 7.70. The molecule has 13 heavy (non-hydrogen) atoms. The van der Waals surface area contributed by atoms with E-state index >= 15 is 0 Å². The van der Waals surface area contributed by atoms with Gasteiger partial charge >= 0.3 is 6.03 Å². The molecule has 1 heterocycles. The summed E-state index contributed by atoms with van der Waals surface area (Å²) in [5.41, 5.74) is 0. The molecular weight excluding hydrogens is 168 g/mol. The number of nitrogens with one attached hydrogen (secondary N) is 1. The van der Waals surface area contributed by atoms with Gasteiger partial charge in [0.1, 0.15) is 0 Å². The lowest BCUT2D eigenvalue weighted by atomic mass is 9.82. The van der Waals surface area contributed by atoms with Gasteiger partial charge in [-0.2, -0.15) is 0 Å². The normalized spacial score (nSPS) is 33.9. The Bertz CT molecular complexity index is 202. The standard InChI is InChI=1S/C9H16N2O2/c12-8-4-7(5-8)6-11-3-1-2-10-9(11)13/h7-8,12H,1-6H2,(H,10,13). The zero-order valence-electron chi connectivity index (χ0n) is 7.70. The molecule has 1 aliphatic heterocycles. The molecule has 4 heteroatoms. The van der Waals surface area contributed by atoms with Gasteiger partial charge in [0.25, 0.3) is 0 Å². The Morgan fingerprint density at radius 2 is 2.31 bits per heavy atom. The molecular formula is C9H16N2O2. The first kappa shape index (κ1) is 8.81. The first-order valence-electron chi connectivity index (χ1n) is 4.96. The molecule has 1 aliphatic carbocycles. The van der Waals surface area contributed by atoms with E-state index in [9.17, 15) is 4.79 Å². The van der Waals surface area contributed by atoms with E-state index in [1.807, 2.05) is 4.90 Å². The highest BCUT2D eigenvalue weighted by atomic mass is 16.3. The Labute approximate surface area is 77.9 Å². The summed E-state index contributed by atoms with van der Waals surface area (Å²) in [6.07, 6.45) is 2.66. The second-order valence-corrected chi connectivity index (χ2v) is 4.02. The molecule has 0 atom stereocenters. The number of hydrogen-bond donors (Lipinski definition) is 2. The van der Waals surface area contributed by atoms with Crippen molar-refractivity contribution in [2.75, 3.05) is 19.6 Å². The average Bonchev–Trinajstić information content (AvgIpc) is 2.06. The number of rotatable bonds is 2. The first-order valence-corrected chi connectivity index (χ1v) is 4.96. The molecule has 0 aromatic rings. The third-order valence-corrected chi connectivity index (χ3v) is 2.86. The van der Waals surface area contributed by atoms with Crippen molar-refractivity contribution in [3.05, 3.63) is 0 Å². The minimum Gasteiger partial charge on any atom is -0.393 e. The molecule has 2 rings (SSSR count). The molecule has 2 amide bonds. The number of carbonyl (C=O) groups excluding carboxylic acids is 1. The van der Waals surface area contributed by atoms with Crippen LogP contribution < -0.4 is 5.32 Å². The van der Waals surface area contributed by atoms with Crippen LogP contribution in [0.2, 0.25) is 0 Å². The van der Waals surface area contributed by atoms with E-state index in [1.54, 1.807) is 0 Å². The molecule has 0 aromatic carbocycles. The highest BCUT2D eigenvalue weighted by Gasteiger charge is 2.30. The van der Waals surface area contributed by atoms with E-state index in [0.717, 1.165) is 38.9 Å². The minimum atomic E-state index is -0.113. The summed E-state index contributed by atoms with van der Waals surface area (Å²) >= 11 is 0. The smallest absolute Gasteiger partial charge is 0.317 e. The maximum absolute atomic E-state index is 11.3. The zero-order chi connectivity index (χ0) is 9.26. The lowest BCUT2D eigenvalue weighted by molar-refractivity contribution is 0.0283. The van der Waals surface area contributed by atoms with E-state index < -0.39 is 0 Å². The monoisotopic (exact) mass is 184 g/mol. The average molecular weight is 184 g/mol. The summed E-state index contributed by atoms with van der Waals surface area (Å²) in [7, 11) is 0. The molecule has 74 valence electrons. The summed E-state index contributed by atoms with van der Waals surface area (Å²) in [4.78, 5) is 13.2. The van der Waals surface area contributed by atoms with Crippen molar-refractivity contribution in [1.82, 2.24) is 10.2 Å². The Morgan fingerprint density at radius 3 is 2.92 bits per heavy atom. The number of nitrogens with zero attached hydrogens (tertiary/aromatic N) is 1. The quantitative estimate of drug-likeness (QED) is 0.643. The Balaban J connectivity index is 1.76. The van der Waals surface area contributed by atoms with Gasteiger partial charge in [0.15, 0.2) is 0 Å². The molecule has 0 radical (unpaired) electrons. The molecule has 1 saturated heterocycles.